The molecule has 1 atom stereocenters. The first-order valence-corrected chi connectivity index (χ1v) is 5.68. The Labute approximate surface area is 106 Å². The molecule has 5 heteroatoms. The van der Waals surface area contributed by atoms with E-state index >= 15 is 0 Å². The Kier molecular flexibility index (Phi) is 5.01. The third-order valence-electron chi connectivity index (χ3n) is 2.45. The summed E-state index contributed by atoms with van der Waals surface area (Å²) >= 11 is 11.7. The first-order chi connectivity index (χ1) is 7.54. The van der Waals surface area contributed by atoms with Crippen molar-refractivity contribution in [2.24, 2.45) is 0 Å². The molecule has 1 unspecified atom stereocenters. The zero-order valence-electron chi connectivity index (χ0n) is 9.24. The molecule has 0 saturated heterocycles. The summed E-state index contributed by atoms with van der Waals surface area (Å²) in [6.07, 6.45) is 0.495. The Balaban J connectivity index is 2.70. The SMILES string of the molecule is CC(CC#N)N(C)Cc1ccc(Cl)nc1Cl. The van der Waals surface area contributed by atoms with Crippen LogP contribution in [-0.4, -0.2) is 23.0 Å². The summed E-state index contributed by atoms with van der Waals surface area (Å²) in [5.74, 6) is 0. The van der Waals surface area contributed by atoms with Gasteiger partial charge in [-0.1, -0.05) is 29.3 Å². The molecule has 1 heterocycles. The molecule has 0 N–H and O–H groups in total. The highest BCUT2D eigenvalue weighted by Crippen LogP contribution is 2.18. The molecule has 0 aliphatic carbocycles. The molecular formula is C11H13Cl2N3. The average molecular weight is 258 g/mol. The highest BCUT2D eigenvalue weighted by molar-refractivity contribution is 6.32. The van der Waals surface area contributed by atoms with E-state index < -0.39 is 0 Å². The summed E-state index contributed by atoms with van der Waals surface area (Å²) in [5.41, 5.74) is 0.915. The maximum absolute atomic E-state index is 8.61. The van der Waals surface area contributed by atoms with E-state index in [1.807, 2.05) is 20.0 Å². The Morgan fingerprint density at radius 1 is 1.50 bits per heavy atom. The lowest BCUT2D eigenvalue weighted by molar-refractivity contribution is 0.252. The Bertz CT molecular complexity index is 401. The van der Waals surface area contributed by atoms with E-state index in [4.69, 9.17) is 28.5 Å². The summed E-state index contributed by atoms with van der Waals surface area (Å²) in [6.45, 7) is 2.66. The Morgan fingerprint density at radius 3 is 2.75 bits per heavy atom. The zero-order valence-corrected chi connectivity index (χ0v) is 10.8. The van der Waals surface area contributed by atoms with E-state index in [2.05, 4.69) is 16.0 Å². The van der Waals surface area contributed by atoms with Crippen LogP contribution in [0, 0.1) is 11.3 Å². The maximum atomic E-state index is 8.61. The fourth-order valence-corrected chi connectivity index (χ4v) is 1.68. The number of aromatic nitrogens is 1. The van der Waals surface area contributed by atoms with Gasteiger partial charge in [0.25, 0.3) is 0 Å². The molecule has 16 heavy (non-hydrogen) atoms. The van der Waals surface area contributed by atoms with Gasteiger partial charge < -0.3 is 0 Å². The highest BCUT2D eigenvalue weighted by Gasteiger charge is 2.11. The molecule has 0 bridgehead atoms. The van der Waals surface area contributed by atoms with Crippen LogP contribution in [0.15, 0.2) is 12.1 Å². The molecule has 0 aliphatic heterocycles. The molecule has 0 spiro atoms. The lowest BCUT2D eigenvalue weighted by Crippen LogP contribution is -2.28. The second kappa shape index (κ2) is 6.05. The van der Waals surface area contributed by atoms with E-state index in [1.54, 1.807) is 6.07 Å². The van der Waals surface area contributed by atoms with Gasteiger partial charge in [0, 0.05) is 18.2 Å². The minimum Gasteiger partial charge on any atom is -0.298 e. The number of hydrogen-bond donors (Lipinski definition) is 0. The quantitative estimate of drug-likeness (QED) is 0.779. The minimum absolute atomic E-state index is 0.191. The van der Waals surface area contributed by atoms with Crippen molar-refractivity contribution in [3.63, 3.8) is 0 Å². The molecule has 1 aromatic rings. The molecule has 0 aliphatic rings. The van der Waals surface area contributed by atoms with E-state index in [-0.39, 0.29) is 6.04 Å². The zero-order chi connectivity index (χ0) is 12.1. The number of nitriles is 1. The summed E-state index contributed by atoms with van der Waals surface area (Å²) in [4.78, 5) is 6.03. The largest absolute Gasteiger partial charge is 0.298 e. The molecule has 3 nitrogen and oxygen atoms in total. The highest BCUT2D eigenvalue weighted by atomic mass is 35.5. The summed E-state index contributed by atoms with van der Waals surface area (Å²) in [5, 5.41) is 9.42. The van der Waals surface area contributed by atoms with E-state index in [9.17, 15) is 0 Å². The maximum Gasteiger partial charge on any atom is 0.135 e. The van der Waals surface area contributed by atoms with Crippen molar-refractivity contribution in [1.82, 2.24) is 9.88 Å². The molecule has 0 saturated carbocycles. The second-order valence-corrected chi connectivity index (χ2v) is 4.46. The third kappa shape index (κ3) is 3.64. The van der Waals surface area contributed by atoms with Crippen LogP contribution in [0.2, 0.25) is 10.3 Å². The lowest BCUT2D eigenvalue weighted by atomic mass is 10.2. The van der Waals surface area contributed by atoms with Crippen LogP contribution in [0.5, 0.6) is 0 Å². The van der Waals surface area contributed by atoms with Crippen LogP contribution in [0.3, 0.4) is 0 Å². The number of rotatable bonds is 4. The van der Waals surface area contributed by atoms with Gasteiger partial charge in [-0.05, 0) is 20.0 Å². The van der Waals surface area contributed by atoms with Gasteiger partial charge in [0.05, 0.1) is 12.5 Å². The van der Waals surface area contributed by atoms with Crippen LogP contribution < -0.4 is 0 Å². The van der Waals surface area contributed by atoms with Crippen molar-refractivity contribution in [3.8, 4) is 6.07 Å². The first-order valence-electron chi connectivity index (χ1n) is 4.92. The van der Waals surface area contributed by atoms with Gasteiger partial charge in [-0.25, -0.2) is 4.98 Å². The van der Waals surface area contributed by atoms with Crippen LogP contribution in [0.4, 0.5) is 0 Å². The van der Waals surface area contributed by atoms with Crippen molar-refractivity contribution in [1.29, 1.82) is 5.26 Å². The fourth-order valence-electron chi connectivity index (χ4n) is 1.27. The predicted molar refractivity (Wildman–Crippen MR) is 65.4 cm³/mol. The van der Waals surface area contributed by atoms with Gasteiger partial charge in [0.15, 0.2) is 0 Å². The smallest absolute Gasteiger partial charge is 0.135 e. The first kappa shape index (κ1) is 13.2. The van der Waals surface area contributed by atoms with Crippen LogP contribution >= 0.6 is 23.2 Å². The number of halogens is 2. The topological polar surface area (TPSA) is 39.9 Å². The van der Waals surface area contributed by atoms with Gasteiger partial charge >= 0.3 is 0 Å². The fraction of sp³-hybridized carbons (Fsp3) is 0.455. The van der Waals surface area contributed by atoms with Gasteiger partial charge in [-0.15, -0.1) is 0 Å². The Morgan fingerprint density at radius 2 is 2.19 bits per heavy atom. The van der Waals surface area contributed by atoms with Crippen molar-refractivity contribution >= 4 is 23.2 Å². The molecule has 1 aromatic heterocycles. The molecule has 0 fully saturated rings. The lowest BCUT2D eigenvalue weighted by Gasteiger charge is -2.22. The third-order valence-corrected chi connectivity index (χ3v) is 2.99. The summed E-state index contributed by atoms with van der Waals surface area (Å²) in [6, 6.07) is 5.91. The van der Waals surface area contributed by atoms with Crippen molar-refractivity contribution in [2.45, 2.75) is 25.9 Å². The van der Waals surface area contributed by atoms with Crippen LogP contribution in [-0.2, 0) is 6.54 Å². The number of hydrogen-bond acceptors (Lipinski definition) is 3. The van der Waals surface area contributed by atoms with Crippen molar-refractivity contribution < 1.29 is 0 Å². The molecule has 86 valence electrons. The van der Waals surface area contributed by atoms with Crippen LogP contribution in [0.1, 0.15) is 18.9 Å². The van der Waals surface area contributed by atoms with Gasteiger partial charge in [0.1, 0.15) is 10.3 Å². The Hall–Kier alpha value is -0.820. The molecule has 0 amide bonds. The molecular weight excluding hydrogens is 245 g/mol. The van der Waals surface area contributed by atoms with E-state index in [1.165, 1.54) is 0 Å². The molecule has 1 rings (SSSR count). The summed E-state index contributed by atoms with van der Waals surface area (Å²) in [7, 11) is 1.95. The van der Waals surface area contributed by atoms with Crippen molar-refractivity contribution in [2.75, 3.05) is 7.05 Å². The van der Waals surface area contributed by atoms with Gasteiger partial charge in [-0.2, -0.15) is 5.26 Å². The van der Waals surface area contributed by atoms with E-state index in [0.29, 0.717) is 23.3 Å². The van der Waals surface area contributed by atoms with Gasteiger partial charge in [-0.3, -0.25) is 4.90 Å². The minimum atomic E-state index is 0.191. The average Bonchev–Trinajstić information content (AvgIpc) is 2.22. The predicted octanol–water partition coefficient (Wildman–Crippen LogP) is 3.12. The van der Waals surface area contributed by atoms with E-state index in [0.717, 1.165) is 5.56 Å². The normalized spacial score (nSPS) is 12.5. The summed E-state index contributed by atoms with van der Waals surface area (Å²) < 4.78 is 0. The van der Waals surface area contributed by atoms with Crippen LogP contribution in [0.25, 0.3) is 0 Å². The standard InChI is InChI=1S/C11H13Cl2N3/c1-8(5-6-14)16(2)7-9-3-4-10(12)15-11(9)13/h3-4,8H,5,7H2,1-2H3. The molecule has 0 aromatic carbocycles. The number of pyridine rings is 1. The monoisotopic (exact) mass is 257 g/mol. The second-order valence-electron chi connectivity index (χ2n) is 3.71. The van der Waals surface area contributed by atoms with Crippen molar-refractivity contribution in [3.05, 3.63) is 28.0 Å². The van der Waals surface area contributed by atoms with Gasteiger partial charge in [0.2, 0.25) is 0 Å². The molecule has 0 radical (unpaired) electrons. The number of nitrogens with zero attached hydrogens (tertiary/aromatic N) is 3.